The van der Waals surface area contributed by atoms with E-state index in [2.05, 4.69) is 9.71 Å². The number of carbonyl (C=O) groups excluding carboxylic acids is 2. The third-order valence-electron chi connectivity index (χ3n) is 4.76. The molecule has 0 saturated carbocycles. The number of nitrogens with one attached hydrogen (secondary N) is 1. The Morgan fingerprint density at radius 3 is 2.15 bits per heavy atom. The zero-order valence-corrected chi connectivity index (χ0v) is 20.5. The van der Waals surface area contributed by atoms with Gasteiger partial charge in [0.25, 0.3) is 10.0 Å². The molecule has 174 valence electrons. The molecule has 2 amide bonds. The second-order valence-electron chi connectivity index (χ2n) is 7.18. The van der Waals surface area contributed by atoms with Crippen molar-refractivity contribution in [3.8, 4) is 0 Å². The molecule has 1 fully saturated rings. The van der Waals surface area contributed by atoms with Crippen LogP contribution in [0.15, 0.2) is 88.2 Å². The zero-order chi connectivity index (χ0) is 24.3. The average molecular weight is 534 g/mol. The standard InChI is InChI=1S/C23H17Cl2N3O4S2/c24-15-6-10-17(11-7-15)26-21(29)14-20-22(30)28(18-4-2-1-3-5-18)23(33-20)27-34(31,32)19-12-8-16(25)9-13-19/h1-13,20H,14H2,(H,26,29)/t20-/m0/s1. The Balaban J connectivity index is 1.61. The predicted octanol–water partition coefficient (Wildman–Crippen LogP) is 5.22. The number of sulfonamides is 1. The van der Waals surface area contributed by atoms with Gasteiger partial charge in [-0.05, 0) is 60.7 Å². The van der Waals surface area contributed by atoms with Crippen LogP contribution in [0.4, 0.5) is 11.4 Å². The molecule has 1 atom stereocenters. The highest BCUT2D eigenvalue weighted by Gasteiger charge is 2.41. The highest BCUT2D eigenvalue weighted by atomic mass is 35.5. The maximum atomic E-state index is 13.2. The number of nitrogens with zero attached hydrogens (tertiary/aromatic N) is 2. The van der Waals surface area contributed by atoms with E-state index in [9.17, 15) is 18.0 Å². The van der Waals surface area contributed by atoms with E-state index >= 15 is 0 Å². The predicted molar refractivity (Wildman–Crippen MR) is 136 cm³/mol. The molecular formula is C23H17Cl2N3O4S2. The first kappa shape index (κ1) is 24.3. The smallest absolute Gasteiger partial charge is 0.284 e. The molecule has 0 unspecified atom stereocenters. The largest absolute Gasteiger partial charge is 0.326 e. The molecule has 3 aromatic rings. The number of benzene rings is 3. The number of amidine groups is 1. The van der Waals surface area contributed by atoms with Crippen LogP contribution in [0.3, 0.4) is 0 Å². The van der Waals surface area contributed by atoms with Crippen molar-refractivity contribution < 1.29 is 18.0 Å². The Morgan fingerprint density at radius 2 is 1.53 bits per heavy atom. The lowest BCUT2D eigenvalue weighted by molar-refractivity contribution is -0.121. The minimum absolute atomic E-state index is 0.0320. The summed E-state index contributed by atoms with van der Waals surface area (Å²) < 4.78 is 29.8. The normalized spacial score (nSPS) is 17.2. The van der Waals surface area contributed by atoms with Crippen molar-refractivity contribution >= 4 is 73.3 Å². The second-order valence-corrected chi connectivity index (χ2v) is 10.8. The van der Waals surface area contributed by atoms with E-state index in [4.69, 9.17) is 23.2 Å². The van der Waals surface area contributed by atoms with E-state index in [-0.39, 0.29) is 16.5 Å². The number of hydrogen-bond acceptors (Lipinski definition) is 5. The molecule has 11 heteroatoms. The fourth-order valence-electron chi connectivity index (χ4n) is 3.15. The summed E-state index contributed by atoms with van der Waals surface area (Å²) in [5.41, 5.74) is 0.981. The van der Waals surface area contributed by atoms with Crippen LogP contribution in [0.5, 0.6) is 0 Å². The molecule has 7 nitrogen and oxygen atoms in total. The molecule has 1 saturated heterocycles. The number of para-hydroxylation sites is 1. The fraction of sp³-hybridized carbons (Fsp3) is 0.0870. The van der Waals surface area contributed by atoms with Gasteiger partial charge >= 0.3 is 0 Å². The lowest BCUT2D eigenvalue weighted by atomic mass is 10.2. The van der Waals surface area contributed by atoms with Gasteiger partial charge < -0.3 is 5.32 Å². The molecule has 3 aromatic carbocycles. The van der Waals surface area contributed by atoms with Gasteiger partial charge in [0.05, 0.1) is 10.6 Å². The van der Waals surface area contributed by atoms with Crippen molar-refractivity contribution in [1.82, 2.24) is 0 Å². The molecule has 4 rings (SSSR count). The van der Waals surface area contributed by atoms with Gasteiger partial charge in [-0.3, -0.25) is 14.5 Å². The van der Waals surface area contributed by atoms with Crippen LogP contribution in [0.1, 0.15) is 6.42 Å². The Kier molecular flexibility index (Phi) is 7.27. The molecule has 1 N–H and O–H groups in total. The van der Waals surface area contributed by atoms with Crippen LogP contribution in [0.2, 0.25) is 10.0 Å². The molecule has 0 aliphatic carbocycles. The number of rotatable bonds is 6. The van der Waals surface area contributed by atoms with Gasteiger partial charge in [-0.15, -0.1) is 4.40 Å². The van der Waals surface area contributed by atoms with Crippen LogP contribution in [0.25, 0.3) is 0 Å². The van der Waals surface area contributed by atoms with Crippen LogP contribution >= 0.6 is 35.0 Å². The summed E-state index contributed by atoms with van der Waals surface area (Å²) in [4.78, 5) is 27.0. The van der Waals surface area contributed by atoms with Crippen LogP contribution in [0, 0.1) is 0 Å². The molecule has 1 aliphatic rings. The maximum Gasteiger partial charge on any atom is 0.284 e. The minimum atomic E-state index is -4.13. The lowest BCUT2D eigenvalue weighted by Crippen LogP contribution is -2.33. The van der Waals surface area contributed by atoms with Gasteiger partial charge in [-0.1, -0.05) is 53.2 Å². The van der Waals surface area contributed by atoms with Gasteiger partial charge in [0.15, 0.2) is 5.17 Å². The van der Waals surface area contributed by atoms with Crippen molar-refractivity contribution in [3.63, 3.8) is 0 Å². The highest BCUT2D eigenvalue weighted by Crippen LogP contribution is 2.35. The summed E-state index contributed by atoms with van der Waals surface area (Å²) >= 11 is 12.6. The van der Waals surface area contributed by atoms with Gasteiger partial charge in [0.2, 0.25) is 11.8 Å². The molecule has 34 heavy (non-hydrogen) atoms. The molecule has 0 aromatic heterocycles. The Bertz CT molecular complexity index is 1350. The van der Waals surface area contributed by atoms with Gasteiger partial charge in [0, 0.05) is 22.2 Å². The van der Waals surface area contributed by atoms with E-state index in [0.29, 0.717) is 21.4 Å². The lowest BCUT2D eigenvalue weighted by Gasteiger charge is -2.16. The number of halogens is 2. The number of amides is 2. The van der Waals surface area contributed by atoms with Gasteiger partial charge in [-0.2, -0.15) is 8.42 Å². The van der Waals surface area contributed by atoms with E-state index in [1.165, 1.54) is 29.2 Å². The van der Waals surface area contributed by atoms with Crippen molar-refractivity contribution in [2.45, 2.75) is 16.6 Å². The van der Waals surface area contributed by atoms with Crippen molar-refractivity contribution in [2.75, 3.05) is 10.2 Å². The van der Waals surface area contributed by atoms with Gasteiger partial charge in [0.1, 0.15) is 5.25 Å². The molecule has 0 spiro atoms. The van der Waals surface area contributed by atoms with E-state index in [1.54, 1.807) is 54.6 Å². The monoisotopic (exact) mass is 533 g/mol. The van der Waals surface area contributed by atoms with Crippen molar-refractivity contribution in [1.29, 1.82) is 0 Å². The molecular weight excluding hydrogens is 517 g/mol. The third-order valence-corrected chi connectivity index (χ3v) is 7.80. The number of carbonyl (C=O) groups is 2. The Hall–Kier alpha value is -2.85. The van der Waals surface area contributed by atoms with Crippen LogP contribution in [-0.4, -0.2) is 30.6 Å². The summed E-state index contributed by atoms with van der Waals surface area (Å²) in [7, 11) is -4.13. The number of thioether (sulfide) groups is 1. The Morgan fingerprint density at radius 1 is 0.941 bits per heavy atom. The molecule has 0 bridgehead atoms. The van der Waals surface area contributed by atoms with Crippen molar-refractivity contribution in [3.05, 3.63) is 88.9 Å². The first-order valence-electron chi connectivity index (χ1n) is 9.94. The van der Waals surface area contributed by atoms with Crippen LogP contribution in [-0.2, 0) is 19.6 Å². The topological polar surface area (TPSA) is 95.9 Å². The summed E-state index contributed by atoms with van der Waals surface area (Å²) in [5, 5.41) is 2.74. The Labute approximate surface area is 210 Å². The minimum Gasteiger partial charge on any atom is -0.326 e. The SMILES string of the molecule is O=C(C[C@@H]1SC(=NS(=O)(=O)c2ccc(Cl)cc2)N(c2ccccc2)C1=O)Nc1ccc(Cl)cc1. The number of anilines is 2. The number of hydrogen-bond donors (Lipinski definition) is 1. The van der Waals surface area contributed by atoms with Gasteiger partial charge in [-0.25, -0.2) is 0 Å². The van der Waals surface area contributed by atoms with E-state index in [0.717, 1.165) is 11.8 Å². The summed E-state index contributed by atoms with van der Waals surface area (Å²) in [5.74, 6) is -0.837. The van der Waals surface area contributed by atoms with E-state index in [1.807, 2.05) is 0 Å². The maximum absolute atomic E-state index is 13.2. The van der Waals surface area contributed by atoms with Crippen LogP contribution < -0.4 is 10.2 Å². The first-order chi connectivity index (χ1) is 16.2. The third kappa shape index (κ3) is 5.61. The van der Waals surface area contributed by atoms with E-state index < -0.39 is 27.1 Å². The fourth-order valence-corrected chi connectivity index (χ4v) is 5.74. The zero-order valence-electron chi connectivity index (χ0n) is 17.4. The highest BCUT2D eigenvalue weighted by molar-refractivity contribution is 8.16. The summed E-state index contributed by atoms with van der Waals surface area (Å²) in [6, 6.07) is 20.7. The average Bonchev–Trinajstić information content (AvgIpc) is 3.10. The first-order valence-corrected chi connectivity index (χ1v) is 13.0. The quantitative estimate of drug-likeness (QED) is 0.468. The second kappa shape index (κ2) is 10.2. The summed E-state index contributed by atoms with van der Waals surface area (Å²) in [6.45, 7) is 0. The molecule has 0 radical (unpaired) electrons. The molecule has 1 aliphatic heterocycles. The van der Waals surface area contributed by atoms with Crippen molar-refractivity contribution in [2.24, 2.45) is 4.40 Å². The summed E-state index contributed by atoms with van der Waals surface area (Å²) in [6.07, 6.45) is -0.171. The molecule has 1 heterocycles.